The van der Waals surface area contributed by atoms with Gasteiger partial charge in [-0.1, -0.05) is 42.5 Å². The highest BCUT2D eigenvalue weighted by molar-refractivity contribution is 5.30. The van der Waals surface area contributed by atoms with Crippen LogP contribution in [-0.2, 0) is 10.3 Å². The van der Waals surface area contributed by atoms with Crippen LogP contribution in [0.4, 0.5) is 17.6 Å². The van der Waals surface area contributed by atoms with Crippen molar-refractivity contribution in [1.82, 2.24) is 0 Å². The third-order valence-corrected chi connectivity index (χ3v) is 3.51. The fraction of sp³-hybridized carbons (Fsp3) is 0.333. The Morgan fingerprint density at radius 2 is 1.29 bits per heavy atom. The zero-order valence-corrected chi connectivity index (χ0v) is 13.5. The minimum atomic E-state index is -4.83. The van der Waals surface area contributed by atoms with Crippen LogP contribution < -0.4 is 4.74 Å². The van der Waals surface area contributed by atoms with Crippen LogP contribution >= 0.6 is 0 Å². The van der Waals surface area contributed by atoms with Gasteiger partial charge in [0.15, 0.2) is 0 Å². The van der Waals surface area contributed by atoms with Gasteiger partial charge in [-0.3, -0.25) is 0 Å². The standard InChI is InChI=1S/C18H18F4O2/c1-13-9-7-8-12-15(13)16(2,3)24-18(21,22)17(19,20)23-14-10-5-4-6-11-14/h4-12H,1-3H3. The van der Waals surface area contributed by atoms with Gasteiger partial charge < -0.3 is 9.47 Å². The van der Waals surface area contributed by atoms with E-state index in [0.717, 1.165) is 12.1 Å². The van der Waals surface area contributed by atoms with Crippen LogP contribution in [0.1, 0.15) is 25.0 Å². The predicted octanol–water partition coefficient (Wildman–Crippen LogP) is 5.51. The summed E-state index contributed by atoms with van der Waals surface area (Å²) in [5, 5.41) is 0. The number of aryl methyl sites for hydroxylation is 1. The molecule has 0 radical (unpaired) electrons. The fourth-order valence-electron chi connectivity index (χ4n) is 2.38. The summed E-state index contributed by atoms with van der Waals surface area (Å²) in [6, 6.07) is 13.3. The van der Waals surface area contributed by atoms with E-state index in [-0.39, 0.29) is 5.75 Å². The van der Waals surface area contributed by atoms with E-state index >= 15 is 0 Å². The monoisotopic (exact) mass is 342 g/mol. The average molecular weight is 342 g/mol. The van der Waals surface area contributed by atoms with Crippen LogP contribution in [-0.4, -0.2) is 12.2 Å². The van der Waals surface area contributed by atoms with E-state index in [4.69, 9.17) is 0 Å². The number of halogens is 4. The van der Waals surface area contributed by atoms with Gasteiger partial charge in [-0.15, -0.1) is 0 Å². The van der Waals surface area contributed by atoms with Crippen molar-refractivity contribution in [2.24, 2.45) is 0 Å². The molecule has 0 saturated heterocycles. The molecule has 0 amide bonds. The van der Waals surface area contributed by atoms with E-state index in [2.05, 4.69) is 9.47 Å². The SMILES string of the molecule is Cc1ccccc1C(C)(C)OC(F)(F)C(F)(F)Oc1ccccc1. The molecule has 2 nitrogen and oxygen atoms in total. The number of para-hydroxylation sites is 1. The van der Waals surface area contributed by atoms with E-state index in [0.29, 0.717) is 11.1 Å². The number of hydrogen-bond acceptors (Lipinski definition) is 2. The van der Waals surface area contributed by atoms with E-state index < -0.39 is 17.8 Å². The highest BCUT2D eigenvalue weighted by Gasteiger charge is 2.63. The lowest BCUT2D eigenvalue weighted by Crippen LogP contribution is -2.50. The first kappa shape index (κ1) is 18.3. The molecule has 0 atom stereocenters. The molecule has 0 heterocycles. The highest BCUT2D eigenvalue weighted by Crippen LogP contribution is 2.42. The van der Waals surface area contributed by atoms with Crippen molar-refractivity contribution >= 4 is 0 Å². The van der Waals surface area contributed by atoms with Crippen molar-refractivity contribution in [2.45, 2.75) is 38.6 Å². The van der Waals surface area contributed by atoms with Gasteiger partial charge >= 0.3 is 12.2 Å². The van der Waals surface area contributed by atoms with Gasteiger partial charge in [0.25, 0.3) is 0 Å². The third-order valence-electron chi connectivity index (χ3n) is 3.51. The average Bonchev–Trinajstić information content (AvgIpc) is 2.46. The third kappa shape index (κ3) is 3.87. The minimum Gasteiger partial charge on any atom is -0.426 e. The first-order chi connectivity index (χ1) is 11.1. The number of rotatable bonds is 6. The van der Waals surface area contributed by atoms with Gasteiger partial charge in [-0.05, 0) is 44.0 Å². The molecule has 0 N–H and O–H groups in total. The van der Waals surface area contributed by atoms with Crippen molar-refractivity contribution in [3.8, 4) is 5.75 Å². The Bertz CT molecular complexity index is 684. The Morgan fingerprint density at radius 1 is 0.750 bits per heavy atom. The zero-order chi connectivity index (χ0) is 18.0. The Kier molecular flexibility index (Phi) is 4.90. The fourth-order valence-corrected chi connectivity index (χ4v) is 2.38. The Labute approximate surface area is 138 Å². The molecule has 0 spiro atoms. The Balaban J connectivity index is 2.24. The minimum absolute atomic E-state index is 0.375. The quantitative estimate of drug-likeness (QED) is 0.644. The van der Waals surface area contributed by atoms with Gasteiger partial charge in [-0.2, -0.15) is 17.6 Å². The molecule has 0 aliphatic carbocycles. The lowest BCUT2D eigenvalue weighted by molar-refractivity contribution is -0.430. The molecular weight excluding hydrogens is 324 g/mol. The molecule has 0 unspecified atom stereocenters. The van der Waals surface area contributed by atoms with Gasteiger partial charge in [-0.25, -0.2) is 0 Å². The molecule has 0 fully saturated rings. The molecule has 2 aromatic rings. The van der Waals surface area contributed by atoms with Crippen LogP contribution in [0.3, 0.4) is 0 Å². The molecular formula is C18H18F4O2. The van der Waals surface area contributed by atoms with Gasteiger partial charge in [0.05, 0.1) is 5.60 Å². The van der Waals surface area contributed by atoms with Crippen molar-refractivity contribution in [2.75, 3.05) is 0 Å². The zero-order valence-electron chi connectivity index (χ0n) is 13.5. The smallest absolute Gasteiger partial charge is 0.426 e. The maximum Gasteiger partial charge on any atom is 0.494 e. The second-order valence-corrected chi connectivity index (χ2v) is 5.88. The summed E-state index contributed by atoms with van der Waals surface area (Å²) in [6.45, 7) is 4.31. The van der Waals surface area contributed by atoms with E-state index in [1.165, 1.54) is 26.0 Å². The first-order valence-electron chi connectivity index (χ1n) is 7.31. The van der Waals surface area contributed by atoms with Gasteiger partial charge in [0, 0.05) is 0 Å². The topological polar surface area (TPSA) is 18.5 Å². The van der Waals surface area contributed by atoms with Crippen molar-refractivity contribution in [1.29, 1.82) is 0 Å². The molecule has 0 aromatic heterocycles. The first-order valence-corrected chi connectivity index (χ1v) is 7.31. The molecule has 24 heavy (non-hydrogen) atoms. The molecule has 0 bridgehead atoms. The molecule has 2 rings (SSSR count). The predicted molar refractivity (Wildman–Crippen MR) is 82.3 cm³/mol. The number of hydrogen-bond donors (Lipinski definition) is 0. The van der Waals surface area contributed by atoms with Crippen molar-refractivity contribution < 1.29 is 27.0 Å². The van der Waals surface area contributed by atoms with Crippen LogP contribution in [0.5, 0.6) is 5.75 Å². The van der Waals surface area contributed by atoms with E-state index in [9.17, 15) is 17.6 Å². The molecule has 130 valence electrons. The summed E-state index contributed by atoms with van der Waals surface area (Å²) in [6.07, 6.45) is -9.65. The van der Waals surface area contributed by atoms with Crippen molar-refractivity contribution in [3.63, 3.8) is 0 Å². The molecule has 0 aliphatic heterocycles. The lowest BCUT2D eigenvalue weighted by Gasteiger charge is -2.34. The summed E-state index contributed by atoms with van der Waals surface area (Å²) >= 11 is 0. The summed E-state index contributed by atoms with van der Waals surface area (Å²) < 4.78 is 64.8. The second kappa shape index (κ2) is 6.43. The number of benzene rings is 2. The maximum atomic E-state index is 14.1. The summed E-state index contributed by atoms with van der Waals surface area (Å²) in [7, 11) is 0. The number of alkyl halides is 4. The largest absolute Gasteiger partial charge is 0.494 e. The highest BCUT2D eigenvalue weighted by atomic mass is 19.3. The van der Waals surface area contributed by atoms with Crippen molar-refractivity contribution in [3.05, 3.63) is 65.7 Å². The molecule has 0 saturated carbocycles. The lowest BCUT2D eigenvalue weighted by atomic mass is 9.93. The summed E-state index contributed by atoms with van der Waals surface area (Å²) in [4.78, 5) is 0. The number of ether oxygens (including phenoxy) is 2. The Hall–Kier alpha value is -2.08. The van der Waals surface area contributed by atoms with Gasteiger partial charge in [0.2, 0.25) is 0 Å². The second-order valence-electron chi connectivity index (χ2n) is 5.88. The molecule has 2 aromatic carbocycles. The molecule has 0 aliphatic rings. The van der Waals surface area contributed by atoms with Crippen LogP contribution in [0.2, 0.25) is 0 Å². The summed E-state index contributed by atoms with van der Waals surface area (Å²) in [5.74, 6) is -0.375. The van der Waals surface area contributed by atoms with Crippen LogP contribution in [0, 0.1) is 6.92 Å². The normalized spacial score (nSPS) is 13.0. The van der Waals surface area contributed by atoms with Crippen LogP contribution in [0.15, 0.2) is 54.6 Å². The van der Waals surface area contributed by atoms with Crippen LogP contribution in [0.25, 0.3) is 0 Å². The Morgan fingerprint density at radius 3 is 1.88 bits per heavy atom. The van der Waals surface area contributed by atoms with E-state index in [1.54, 1.807) is 37.3 Å². The van der Waals surface area contributed by atoms with E-state index in [1.807, 2.05) is 0 Å². The van der Waals surface area contributed by atoms with Gasteiger partial charge in [0.1, 0.15) is 5.75 Å². The maximum absolute atomic E-state index is 14.1. The molecule has 6 heteroatoms. The summed E-state index contributed by atoms with van der Waals surface area (Å²) in [5.41, 5.74) is -0.594.